The van der Waals surface area contributed by atoms with Crippen LogP contribution in [0.2, 0.25) is 0 Å². The van der Waals surface area contributed by atoms with E-state index in [1.807, 2.05) is 24.3 Å². The molecule has 1 fully saturated rings. The van der Waals surface area contributed by atoms with Crippen LogP contribution in [-0.2, 0) is 4.79 Å². The number of carboxylic acid groups (broad SMARTS) is 1. The number of halogens is 1. The first-order valence-electron chi connectivity index (χ1n) is 7.80. The van der Waals surface area contributed by atoms with Gasteiger partial charge >= 0.3 is 5.97 Å². The van der Waals surface area contributed by atoms with E-state index in [-0.39, 0.29) is 18.5 Å². The average molecular weight is 392 g/mol. The van der Waals surface area contributed by atoms with E-state index in [4.69, 9.17) is 5.11 Å². The number of carbonyl (C=O) groups is 2. The van der Waals surface area contributed by atoms with Crippen molar-refractivity contribution in [2.24, 2.45) is 5.92 Å². The van der Waals surface area contributed by atoms with Gasteiger partial charge in [0.25, 0.3) is 5.91 Å². The van der Waals surface area contributed by atoms with Crippen LogP contribution in [0.4, 0.5) is 0 Å². The normalized spacial score (nSPS) is 15.1. The molecule has 3 rings (SSSR count). The van der Waals surface area contributed by atoms with Gasteiger partial charge in [-0.3, -0.25) is 9.59 Å². The second-order valence-corrected chi connectivity index (χ2v) is 6.99. The molecule has 1 atom stereocenters. The van der Waals surface area contributed by atoms with Gasteiger partial charge in [0.2, 0.25) is 0 Å². The zero-order chi connectivity index (χ0) is 17.3. The van der Waals surface area contributed by atoms with E-state index in [9.17, 15) is 9.59 Å². The van der Waals surface area contributed by atoms with E-state index < -0.39 is 11.9 Å². The first kappa shape index (κ1) is 16.7. The van der Waals surface area contributed by atoms with Crippen LogP contribution in [0, 0.1) is 5.92 Å². The molecule has 0 spiro atoms. The predicted molar refractivity (Wildman–Crippen MR) is 92.1 cm³/mol. The van der Waals surface area contributed by atoms with Gasteiger partial charge in [-0.25, -0.2) is 4.68 Å². The fourth-order valence-electron chi connectivity index (χ4n) is 2.49. The van der Waals surface area contributed by atoms with Crippen molar-refractivity contribution in [2.45, 2.75) is 25.8 Å². The number of aliphatic carboxylic acids is 1. The van der Waals surface area contributed by atoms with Gasteiger partial charge in [0.05, 0.1) is 23.4 Å². The highest BCUT2D eigenvalue weighted by atomic mass is 79.9. The van der Waals surface area contributed by atoms with Crippen LogP contribution in [-0.4, -0.2) is 44.3 Å². The Morgan fingerprint density at radius 1 is 1.38 bits per heavy atom. The van der Waals surface area contributed by atoms with Gasteiger partial charge in [0.15, 0.2) is 0 Å². The monoisotopic (exact) mass is 391 g/mol. The van der Waals surface area contributed by atoms with Gasteiger partial charge < -0.3 is 10.0 Å². The van der Waals surface area contributed by atoms with Gasteiger partial charge in [-0.2, -0.15) is 5.10 Å². The number of hydrogen-bond donors (Lipinski definition) is 1. The van der Waals surface area contributed by atoms with Gasteiger partial charge in [-0.1, -0.05) is 22.9 Å². The smallest absolute Gasteiger partial charge is 0.308 e. The highest BCUT2D eigenvalue weighted by Gasteiger charge is 2.35. The minimum Gasteiger partial charge on any atom is -0.481 e. The molecule has 1 heterocycles. The van der Waals surface area contributed by atoms with Crippen LogP contribution in [0.5, 0.6) is 0 Å². The zero-order valence-corrected chi connectivity index (χ0v) is 14.8. The van der Waals surface area contributed by atoms with E-state index >= 15 is 0 Å². The molecule has 1 amide bonds. The Bertz CT molecular complexity index is 753. The van der Waals surface area contributed by atoms with Crippen molar-refractivity contribution >= 4 is 27.8 Å². The fraction of sp³-hybridized carbons (Fsp3) is 0.353. The Labute approximate surface area is 148 Å². The maximum atomic E-state index is 12.8. The van der Waals surface area contributed by atoms with Crippen LogP contribution in [0.15, 0.2) is 41.1 Å². The number of aromatic nitrogens is 2. The fourth-order valence-corrected chi connectivity index (χ4v) is 2.76. The third-order valence-corrected chi connectivity index (χ3v) is 4.59. The molecule has 1 N–H and O–H groups in total. The molecular weight excluding hydrogens is 374 g/mol. The summed E-state index contributed by atoms with van der Waals surface area (Å²) < 4.78 is 2.61. The van der Waals surface area contributed by atoms with Crippen molar-refractivity contribution in [1.29, 1.82) is 0 Å². The molecule has 0 aliphatic heterocycles. The molecule has 1 aliphatic carbocycles. The van der Waals surface area contributed by atoms with E-state index in [2.05, 4.69) is 21.0 Å². The summed E-state index contributed by atoms with van der Waals surface area (Å²) in [6.45, 7) is 1.85. The minimum atomic E-state index is -0.890. The Hall–Kier alpha value is -2.15. The molecule has 6 nitrogen and oxygen atoms in total. The quantitative estimate of drug-likeness (QED) is 0.820. The lowest BCUT2D eigenvalue weighted by Crippen LogP contribution is -2.38. The molecule has 1 unspecified atom stereocenters. The van der Waals surface area contributed by atoms with Crippen molar-refractivity contribution in [3.8, 4) is 5.69 Å². The molecule has 1 aromatic carbocycles. The Morgan fingerprint density at radius 3 is 2.62 bits per heavy atom. The number of hydrogen-bond acceptors (Lipinski definition) is 3. The number of amides is 1. The number of rotatable bonds is 6. The van der Waals surface area contributed by atoms with Gasteiger partial charge in [0, 0.05) is 23.3 Å². The average Bonchev–Trinajstić information content (AvgIpc) is 3.28. The Kier molecular flexibility index (Phi) is 4.71. The largest absolute Gasteiger partial charge is 0.481 e. The highest BCUT2D eigenvalue weighted by Crippen LogP contribution is 2.29. The minimum absolute atomic E-state index is 0.148. The second-order valence-electron chi connectivity index (χ2n) is 6.08. The summed E-state index contributed by atoms with van der Waals surface area (Å²) >= 11 is 3.38. The number of carboxylic acids is 1. The van der Waals surface area contributed by atoms with E-state index in [1.165, 1.54) is 6.20 Å². The first-order valence-corrected chi connectivity index (χ1v) is 8.59. The third kappa shape index (κ3) is 3.67. The number of benzene rings is 1. The first-order chi connectivity index (χ1) is 11.5. The Balaban J connectivity index is 1.78. The maximum absolute atomic E-state index is 12.8. The van der Waals surface area contributed by atoms with E-state index in [1.54, 1.807) is 22.7 Å². The van der Waals surface area contributed by atoms with Crippen LogP contribution < -0.4 is 0 Å². The summed E-state index contributed by atoms with van der Waals surface area (Å²) in [6.07, 6.45) is 5.08. The lowest BCUT2D eigenvalue weighted by Gasteiger charge is -2.23. The predicted octanol–water partition coefficient (Wildman–Crippen LogP) is 2.96. The summed E-state index contributed by atoms with van der Waals surface area (Å²) in [5.41, 5.74) is 1.33. The van der Waals surface area contributed by atoms with Crippen molar-refractivity contribution < 1.29 is 14.7 Å². The van der Waals surface area contributed by atoms with Crippen LogP contribution >= 0.6 is 15.9 Å². The van der Waals surface area contributed by atoms with Crippen molar-refractivity contribution in [3.63, 3.8) is 0 Å². The summed E-state index contributed by atoms with van der Waals surface area (Å²) in [5, 5.41) is 13.4. The van der Waals surface area contributed by atoms with Gasteiger partial charge in [-0.15, -0.1) is 0 Å². The maximum Gasteiger partial charge on any atom is 0.308 e. The van der Waals surface area contributed by atoms with Crippen LogP contribution in [0.1, 0.15) is 30.1 Å². The van der Waals surface area contributed by atoms with E-state index in [0.717, 1.165) is 23.0 Å². The summed E-state index contributed by atoms with van der Waals surface area (Å²) in [5.74, 6) is -1.64. The lowest BCUT2D eigenvalue weighted by atomic mass is 10.1. The Morgan fingerprint density at radius 2 is 2.04 bits per heavy atom. The summed E-state index contributed by atoms with van der Waals surface area (Å²) in [7, 11) is 0. The molecule has 1 aromatic heterocycles. The molecule has 1 saturated carbocycles. The summed E-state index contributed by atoms with van der Waals surface area (Å²) in [6, 6.07) is 7.76. The molecule has 126 valence electrons. The van der Waals surface area contributed by atoms with Gasteiger partial charge in [-0.05, 0) is 37.1 Å². The van der Waals surface area contributed by atoms with Crippen molar-refractivity contribution in [2.75, 3.05) is 6.54 Å². The lowest BCUT2D eigenvalue weighted by molar-refractivity contribution is -0.141. The SMILES string of the molecule is CC(CN(C(=O)c1cnn(-c2ccc(Br)cc2)c1)C1CC1)C(=O)O. The number of carbonyl (C=O) groups excluding carboxylic acids is 1. The van der Waals surface area contributed by atoms with Crippen molar-refractivity contribution in [1.82, 2.24) is 14.7 Å². The van der Waals surface area contributed by atoms with Gasteiger partial charge in [0.1, 0.15) is 0 Å². The second kappa shape index (κ2) is 6.76. The third-order valence-electron chi connectivity index (χ3n) is 4.06. The van der Waals surface area contributed by atoms with Crippen LogP contribution in [0.25, 0.3) is 5.69 Å². The standard InChI is InChI=1S/C17H18BrN3O3/c1-11(17(23)24)9-20(14-6-7-14)16(22)12-8-19-21(10-12)15-4-2-13(18)3-5-15/h2-5,8,10-11,14H,6-7,9H2,1H3,(H,23,24). The zero-order valence-electron chi connectivity index (χ0n) is 13.2. The summed E-state index contributed by atoms with van der Waals surface area (Å²) in [4.78, 5) is 25.5. The molecule has 7 heteroatoms. The van der Waals surface area contributed by atoms with Crippen molar-refractivity contribution in [3.05, 3.63) is 46.7 Å². The van der Waals surface area contributed by atoms with Crippen LogP contribution in [0.3, 0.4) is 0 Å². The number of nitrogens with zero attached hydrogens (tertiary/aromatic N) is 3. The molecular formula is C17H18BrN3O3. The molecule has 0 bridgehead atoms. The molecule has 2 aromatic rings. The highest BCUT2D eigenvalue weighted by molar-refractivity contribution is 9.10. The molecule has 0 radical (unpaired) electrons. The topological polar surface area (TPSA) is 75.4 Å². The molecule has 0 saturated heterocycles. The molecule has 1 aliphatic rings. The molecule has 24 heavy (non-hydrogen) atoms. The van der Waals surface area contributed by atoms with E-state index in [0.29, 0.717) is 5.56 Å².